The number of alkyl halides is 3. The first-order valence-electron chi connectivity index (χ1n) is 11.9. The number of hydrogen-bond acceptors (Lipinski definition) is 5. The van der Waals surface area contributed by atoms with Gasteiger partial charge in [-0.25, -0.2) is 15.0 Å². The lowest BCUT2D eigenvalue weighted by atomic mass is 10.0. The van der Waals surface area contributed by atoms with Crippen LogP contribution in [-0.2, 0) is 24.5 Å². The highest BCUT2D eigenvalue weighted by molar-refractivity contribution is 6.02. The summed E-state index contributed by atoms with van der Waals surface area (Å²) in [5, 5.41) is 0. The Kier molecular flexibility index (Phi) is 7.47. The van der Waals surface area contributed by atoms with Gasteiger partial charge in [0.2, 0.25) is 0 Å². The van der Waals surface area contributed by atoms with E-state index in [0.29, 0.717) is 42.7 Å². The Labute approximate surface area is 214 Å². The van der Waals surface area contributed by atoms with Crippen LogP contribution in [0.4, 0.5) is 13.2 Å². The van der Waals surface area contributed by atoms with Crippen molar-refractivity contribution >= 4 is 12.6 Å². The van der Waals surface area contributed by atoms with Gasteiger partial charge in [0.15, 0.2) is 17.4 Å². The SMILES string of the molecule is C=N/C(=N\C1=C(C)OCCN1Cc1ccc(-c2nc(C(F)(F)F)cn2C)cc1)c1cccnc1C(C)C. The van der Waals surface area contributed by atoms with Gasteiger partial charge in [-0.3, -0.25) is 4.98 Å². The summed E-state index contributed by atoms with van der Waals surface area (Å²) >= 11 is 0. The highest BCUT2D eigenvalue weighted by atomic mass is 19.4. The van der Waals surface area contributed by atoms with Crippen LogP contribution in [0, 0.1) is 0 Å². The fourth-order valence-corrected chi connectivity index (χ4v) is 4.20. The Morgan fingerprint density at radius 2 is 1.92 bits per heavy atom. The van der Waals surface area contributed by atoms with Gasteiger partial charge in [0, 0.05) is 37.1 Å². The summed E-state index contributed by atoms with van der Waals surface area (Å²) in [4.78, 5) is 19.4. The molecule has 0 N–H and O–H groups in total. The number of allylic oxidation sites excluding steroid dienone is 1. The quantitative estimate of drug-likeness (QED) is 0.311. The number of halogens is 3. The summed E-state index contributed by atoms with van der Waals surface area (Å²) in [5.41, 5.74) is 2.36. The van der Waals surface area contributed by atoms with Crippen molar-refractivity contribution in [3.63, 3.8) is 0 Å². The average Bonchev–Trinajstić information content (AvgIpc) is 3.26. The highest BCUT2D eigenvalue weighted by Gasteiger charge is 2.34. The minimum absolute atomic E-state index is 0.182. The number of nitrogens with zero attached hydrogens (tertiary/aromatic N) is 6. The van der Waals surface area contributed by atoms with Crippen molar-refractivity contribution in [1.29, 1.82) is 0 Å². The zero-order valence-electron chi connectivity index (χ0n) is 21.3. The van der Waals surface area contributed by atoms with E-state index in [-0.39, 0.29) is 11.7 Å². The van der Waals surface area contributed by atoms with Crippen molar-refractivity contribution in [2.24, 2.45) is 17.0 Å². The molecule has 1 aromatic carbocycles. The van der Waals surface area contributed by atoms with E-state index in [0.717, 1.165) is 23.0 Å². The smallest absolute Gasteiger partial charge is 0.434 e. The highest BCUT2D eigenvalue weighted by Crippen LogP contribution is 2.31. The van der Waals surface area contributed by atoms with E-state index < -0.39 is 11.9 Å². The van der Waals surface area contributed by atoms with E-state index in [4.69, 9.17) is 9.73 Å². The molecule has 0 radical (unpaired) electrons. The van der Waals surface area contributed by atoms with E-state index in [9.17, 15) is 13.2 Å². The second-order valence-corrected chi connectivity index (χ2v) is 9.09. The predicted molar refractivity (Wildman–Crippen MR) is 137 cm³/mol. The van der Waals surface area contributed by atoms with Crippen molar-refractivity contribution < 1.29 is 17.9 Å². The molecular weight excluding hydrogens is 481 g/mol. The third kappa shape index (κ3) is 5.73. The number of hydrogen-bond donors (Lipinski definition) is 0. The van der Waals surface area contributed by atoms with E-state index in [1.807, 2.05) is 31.2 Å². The molecule has 194 valence electrons. The Bertz CT molecular complexity index is 1340. The molecule has 0 atom stereocenters. The lowest BCUT2D eigenvalue weighted by molar-refractivity contribution is -0.140. The predicted octanol–water partition coefficient (Wildman–Crippen LogP) is 5.79. The molecule has 7 nitrogen and oxygen atoms in total. The number of aliphatic imine (C=N–C) groups is 2. The molecule has 0 spiro atoms. The summed E-state index contributed by atoms with van der Waals surface area (Å²) in [5.74, 6) is 2.22. The van der Waals surface area contributed by atoms with Crippen molar-refractivity contribution in [1.82, 2.24) is 19.4 Å². The van der Waals surface area contributed by atoms with E-state index in [1.54, 1.807) is 25.4 Å². The Morgan fingerprint density at radius 3 is 2.54 bits per heavy atom. The fourth-order valence-electron chi connectivity index (χ4n) is 4.20. The lowest BCUT2D eigenvalue weighted by Crippen LogP contribution is -2.31. The van der Waals surface area contributed by atoms with Gasteiger partial charge in [-0.15, -0.1) is 0 Å². The molecule has 37 heavy (non-hydrogen) atoms. The minimum atomic E-state index is -4.49. The summed E-state index contributed by atoms with van der Waals surface area (Å²) in [6.07, 6.45) is -1.75. The van der Waals surface area contributed by atoms with E-state index >= 15 is 0 Å². The standard InChI is InChI=1S/C27H29F3N6O/c1-17(2)23-21(7-6-12-32-23)24(31-4)34-25-18(3)37-14-13-36(25)15-19-8-10-20(11-9-19)26-33-22(16-35(26)5)27(28,29)30/h6-12,16-17H,4,13-15H2,1-3,5H3/b34-24-. The number of benzene rings is 1. The number of rotatable bonds is 6. The molecule has 0 unspecified atom stereocenters. The molecule has 0 fully saturated rings. The number of pyridine rings is 1. The normalized spacial score (nSPS) is 14.8. The molecule has 3 heterocycles. The van der Waals surface area contributed by atoms with Crippen LogP contribution in [0.2, 0.25) is 0 Å². The van der Waals surface area contributed by atoms with Crippen LogP contribution in [0.1, 0.15) is 49.2 Å². The maximum atomic E-state index is 13.1. The van der Waals surface area contributed by atoms with Crippen LogP contribution < -0.4 is 0 Å². The van der Waals surface area contributed by atoms with Crippen LogP contribution in [0.5, 0.6) is 0 Å². The van der Waals surface area contributed by atoms with Crippen molar-refractivity contribution in [2.75, 3.05) is 13.2 Å². The molecule has 10 heteroatoms. The largest absolute Gasteiger partial charge is 0.493 e. The van der Waals surface area contributed by atoms with Crippen molar-refractivity contribution in [3.8, 4) is 11.4 Å². The summed E-state index contributed by atoms with van der Waals surface area (Å²) in [6.45, 7) is 11.4. The van der Waals surface area contributed by atoms with Crippen LogP contribution in [0.15, 0.2) is 70.4 Å². The molecule has 2 aromatic heterocycles. The summed E-state index contributed by atoms with van der Waals surface area (Å²) < 4.78 is 46.3. The van der Waals surface area contributed by atoms with Crippen LogP contribution >= 0.6 is 0 Å². The first-order valence-corrected chi connectivity index (χ1v) is 11.9. The van der Waals surface area contributed by atoms with Gasteiger partial charge in [-0.1, -0.05) is 38.1 Å². The number of aryl methyl sites for hydroxylation is 1. The molecule has 0 saturated carbocycles. The Balaban J connectivity index is 1.60. The van der Waals surface area contributed by atoms with Crippen molar-refractivity contribution in [2.45, 2.75) is 39.4 Å². The van der Waals surface area contributed by atoms with E-state index in [2.05, 4.69) is 40.4 Å². The summed E-state index contributed by atoms with van der Waals surface area (Å²) in [7, 11) is 1.55. The molecule has 0 bridgehead atoms. The number of imidazole rings is 1. The molecule has 0 saturated heterocycles. The second kappa shape index (κ2) is 10.6. The number of ether oxygens (including phenoxy) is 1. The van der Waals surface area contributed by atoms with Gasteiger partial charge in [0.05, 0.1) is 12.2 Å². The van der Waals surface area contributed by atoms with Gasteiger partial charge in [-0.05, 0) is 37.3 Å². The molecule has 1 aliphatic heterocycles. The molecule has 0 aliphatic carbocycles. The van der Waals surface area contributed by atoms with Crippen LogP contribution in [0.25, 0.3) is 11.4 Å². The third-order valence-electron chi connectivity index (χ3n) is 6.03. The zero-order valence-corrected chi connectivity index (χ0v) is 21.3. The molecule has 1 aliphatic rings. The van der Waals surface area contributed by atoms with Crippen molar-refractivity contribution in [3.05, 3.63) is 82.9 Å². The van der Waals surface area contributed by atoms with Gasteiger partial charge < -0.3 is 14.2 Å². The van der Waals surface area contributed by atoms with Crippen LogP contribution in [0.3, 0.4) is 0 Å². The van der Waals surface area contributed by atoms with Gasteiger partial charge in [-0.2, -0.15) is 13.2 Å². The maximum absolute atomic E-state index is 13.1. The Morgan fingerprint density at radius 1 is 1.19 bits per heavy atom. The second-order valence-electron chi connectivity index (χ2n) is 9.09. The first-order chi connectivity index (χ1) is 17.6. The van der Waals surface area contributed by atoms with Gasteiger partial charge in [0.1, 0.15) is 18.2 Å². The monoisotopic (exact) mass is 510 g/mol. The minimum Gasteiger partial charge on any atom is -0.493 e. The summed E-state index contributed by atoms with van der Waals surface area (Å²) in [6, 6.07) is 11.1. The fraction of sp³-hybridized carbons (Fsp3) is 0.333. The van der Waals surface area contributed by atoms with Crippen LogP contribution in [-0.4, -0.2) is 45.1 Å². The number of amidine groups is 1. The molecule has 4 rings (SSSR count). The first kappa shape index (κ1) is 26.1. The molecule has 3 aromatic rings. The Hall–Kier alpha value is -3.95. The maximum Gasteiger partial charge on any atom is 0.434 e. The van der Waals surface area contributed by atoms with Gasteiger partial charge >= 0.3 is 6.18 Å². The van der Waals surface area contributed by atoms with Gasteiger partial charge in [0.25, 0.3) is 0 Å². The number of aromatic nitrogens is 3. The third-order valence-corrected chi connectivity index (χ3v) is 6.03. The van der Waals surface area contributed by atoms with E-state index in [1.165, 1.54) is 4.57 Å². The topological polar surface area (TPSA) is 67.9 Å². The molecule has 0 amide bonds. The average molecular weight is 511 g/mol. The zero-order chi connectivity index (χ0) is 26.7. The lowest BCUT2D eigenvalue weighted by Gasteiger charge is -2.31. The molecular formula is C27H29F3N6O.